The van der Waals surface area contributed by atoms with E-state index in [2.05, 4.69) is 10.2 Å². The van der Waals surface area contributed by atoms with Crippen molar-refractivity contribution in [3.8, 4) is 0 Å². The van der Waals surface area contributed by atoms with E-state index in [-0.39, 0.29) is 5.91 Å². The minimum Gasteiger partial charge on any atom is -0.465 e. The number of likely N-dealkylation sites (tertiary alicyclic amines) is 1. The second-order valence-electron chi connectivity index (χ2n) is 8.54. The summed E-state index contributed by atoms with van der Waals surface area (Å²) in [7, 11) is 0. The molecule has 0 aliphatic carbocycles. The Morgan fingerprint density at radius 1 is 1.03 bits per heavy atom. The highest BCUT2D eigenvalue weighted by molar-refractivity contribution is 5.96. The monoisotopic (exact) mass is 461 g/mol. The second kappa shape index (κ2) is 9.33. The molecular formula is C24H26F3N3O3. The highest BCUT2D eigenvalue weighted by atomic mass is 19.4. The van der Waals surface area contributed by atoms with E-state index in [1.807, 2.05) is 12.1 Å². The molecule has 2 heterocycles. The molecule has 2 N–H and O–H groups in total. The number of halogens is 3. The van der Waals surface area contributed by atoms with Gasteiger partial charge >= 0.3 is 12.3 Å². The molecule has 2 aromatic carbocycles. The van der Waals surface area contributed by atoms with Gasteiger partial charge in [-0.05, 0) is 73.6 Å². The lowest BCUT2D eigenvalue weighted by atomic mass is 9.99. The van der Waals surface area contributed by atoms with Gasteiger partial charge in [-0.1, -0.05) is 12.1 Å². The Balaban J connectivity index is 1.46. The number of fused-ring (bicyclic) bond motifs is 1. The first kappa shape index (κ1) is 22.9. The molecule has 1 atom stereocenters. The summed E-state index contributed by atoms with van der Waals surface area (Å²) >= 11 is 0. The molecule has 0 aromatic heterocycles. The first-order chi connectivity index (χ1) is 15.7. The summed E-state index contributed by atoms with van der Waals surface area (Å²) in [6.45, 7) is 1.64. The Labute approximate surface area is 190 Å². The number of nitrogens with zero attached hydrogens (tertiary/aromatic N) is 2. The van der Waals surface area contributed by atoms with Gasteiger partial charge in [-0.3, -0.25) is 9.69 Å². The van der Waals surface area contributed by atoms with Crippen molar-refractivity contribution in [2.45, 2.75) is 50.9 Å². The van der Waals surface area contributed by atoms with Crippen LogP contribution in [0, 0.1) is 0 Å². The number of piperidine rings is 1. The zero-order chi connectivity index (χ0) is 23.6. The average Bonchev–Trinajstić information content (AvgIpc) is 2.79. The Morgan fingerprint density at radius 3 is 2.48 bits per heavy atom. The van der Waals surface area contributed by atoms with Gasteiger partial charge in [0.15, 0.2) is 0 Å². The molecule has 1 saturated heterocycles. The maximum Gasteiger partial charge on any atom is 0.416 e. The predicted octanol–water partition coefficient (Wildman–Crippen LogP) is 5.13. The van der Waals surface area contributed by atoms with Crippen molar-refractivity contribution < 1.29 is 27.9 Å². The molecule has 33 heavy (non-hydrogen) atoms. The van der Waals surface area contributed by atoms with Crippen molar-refractivity contribution in [1.29, 1.82) is 0 Å². The third kappa shape index (κ3) is 5.23. The van der Waals surface area contributed by atoms with Crippen LogP contribution in [0.5, 0.6) is 0 Å². The number of rotatable bonds is 4. The van der Waals surface area contributed by atoms with Crippen LogP contribution in [0.3, 0.4) is 0 Å². The molecule has 9 heteroatoms. The van der Waals surface area contributed by atoms with Crippen LogP contribution in [0.15, 0.2) is 42.5 Å². The van der Waals surface area contributed by atoms with Gasteiger partial charge < -0.3 is 15.3 Å². The van der Waals surface area contributed by atoms with Gasteiger partial charge in [-0.25, -0.2) is 4.79 Å². The van der Waals surface area contributed by atoms with Gasteiger partial charge in [0, 0.05) is 31.0 Å². The van der Waals surface area contributed by atoms with Crippen molar-refractivity contribution in [3.05, 3.63) is 59.2 Å². The van der Waals surface area contributed by atoms with Crippen LogP contribution in [0.4, 0.5) is 29.3 Å². The Kier molecular flexibility index (Phi) is 6.49. The van der Waals surface area contributed by atoms with Crippen LogP contribution in [-0.4, -0.2) is 41.1 Å². The molecule has 0 saturated carbocycles. The molecule has 2 aliphatic rings. The van der Waals surface area contributed by atoms with Crippen LogP contribution in [0.1, 0.15) is 42.4 Å². The molecular weight excluding hydrogens is 435 g/mol. The van der Waals surface area contributed by atoms with Crippen LogP contribution in [0.2, 0.25) is 0 Å². The van der Waals surface area contributed by atoms with Crippen LogP contribution < -0.4 is 10.2 Å². The highest BCUT2D eigenvalue weighted by Crippen LogP contribution is 2.33. The van der Waals surface area contributed by atoms with Crippen LogP contribution >= 0.6 is 0 Å². The zero-order valence-corrected chi connectivity index (χ0v) is 18.1. The third-order valence-electron chi connectivity index (χ3n) is 6.27. The molecule has 2 aliphatic heterocycles. The average molecular weight is 461 g/mol. The number of alkyl halides is 3. The normalized spacial score (nSPS) is 18.6. The van der Waals surface area contributed by atoms with Gasteiger partial charge in [-0.2, -0.15) is 13.2 Å². The maximum atomic E-state index is 12.8. The second-order valence-corrected chi connectivity index (χ2v) is 8.54. The smallest absolute Gasteiger partial charge is 0.416 e. The molecule has 2 aromatic rings. The lowest BCUT2D eigenvalue weighted by Gasteiger charge is -2.33. The van der Waals surface area contributed by atoms with E-state index in [9.17, 15) is 27.9 Å². The SMILES string of the molecule is O=C(Nc1ccc2c(c1)CCCN2Cc1ccc(C(F)(F)F)cc1)C1CCCCN1C(=O)O. The van der Waals surface area contributed by atoms with Crippen molar-refractivity contribution in [2.75, 3.05) is 23.3 Å². The molecule has 0 bridgehead atoms. The quantitative estimate of drug-likeness (QED) is 0.662. The molecule has 176 valence electrons. The van der Waals surface area contributed by atoms with Gasteiger partial charge in [-0.15, -0.1) is 0 Å². The third-order valence-corrected chi connectivity index (χ3v) is 6.27. The lowest BCUT2D eigenvalue weighted by Crippen LogP contribution is -2.49. The summed E-state index contributed by atoms with van der Waals surface area (Å²) in [6.07, 6.45) is -1.65. The molecule has 2 amide bonds. The summed E-state index contributed by atoms with van der Waals surface area (Å²) in [5.74, 6) is -0.325. The number of amides is 2. The maximum absolute atomic E-state index is 12.8. The van der Waals surface area contributed by atoms with Crippen molar-refractivity contribution in [3.63, 3.8) is 0 Å². The Bertz CT molecular complexity index is 1020. The Hall–Kier alpha value is -3.23. The largest absolute Gasteiger partial charge is 0.465 e. The van der Waals surface area contributed by atoms with Crippen molar-refractivity contribution >= 4 is 23.4 Å². The standard InChI is InChI=1S/C24H26F3N3O3/c25-24(26,27)18-8-6-16(7-9-18)15-29-12-3-4-17-14-19(10-11-20(17)29)28-22(31)21-5-1-2-13-30(21)23(32)33/h6-11,14,21H,1-5,12-13,15H2,(H,28,31)(H,32,33). The number of hydrogen-bond acceptors (Lipinski definition) is 3. The molecule has 4 rings (SSSR count). The lowest BCUT2D eigenvalue weighted by molar-refractivity contribution is -0.137. The fourth-order valence-corrected chi connectivity index (χ4v) is 4.60. The molecule has 1 fully saturated rings. The Morgan fingerprint density at radius 2 is 1.79 bits per heavy atom. The summed E-state index contributed by atoms with van der Waals surface area (Å²) in [6, 6.07) is 10.1. The minimum atomic E-state index is -4.35. The summed E-state index contributed by atoms with van der Waals surface area (Å²) < 4.78 is 38.4. The number of anilines is 2. The number of hydrogen-bond donors (Lipinski definition) is 2. The number of benzene rings is 2. The van der Waals surface area contributed by atoms with E-state index in [1.54, 1.807) is 6.07 Å². The fraction of sp³-hybridized carbons (Fsp3) is 0.417. The fourth-order valence-electron chi connectivity index (χ4n) is 4.60. The van der Waals surface area contributed by atoms with Crippen molar-refractivity contribution in [1.82, 2.24) is 4.90 Å². The summed E-state index contributed by atoms with van der Waals surface area (Å²) in [4.78, 5) is 27.5. The molecule has 0 spiro atoms. The van der Waals surface area contributed by atoms with E-state index >= 15 is 0 Å². The predicted molar refractivity (Wildman–Crippen MR) is 118 cm³/mol. The van der Waals surface area contributed by atoms with E-state index in [1.165, 1.54) is 17.0 Å². The first-order valence-corrected chi connectivity index (χ1v) is 11.1. The molecule has 6 nitrogen and oxygen atoms in total. The number of carbonyl (C=O) groups is 2. The van der Waals surface area contributed by atoms with E-state index < -0.39 is 23.9 Å². The van der Waals surface area contributed by atoms with Gasteiger partial charge in [0.1, 0.15) is 6.04 Å². The summed E-state index contributed by atoms with van der Waals surface area (Å²) in [5, 5.41) is 12.2. The topological polar surface area (TPSA) is 72.9 Å². The number of aryl methyl sites for hydroxylation is 1. The van der Waals surface area contributed by atoms with E-state index in [0.29, 0.717) is 25.2 Å². The van der Waals surface area contributed by atoms with Crippen molar-refractivity contribution in [2.24, 2.45) is 0 Å². The number of carbonyl (C=O) groups excluding carboxylic acids is 1. The van der Waals surface area contributed by atoms with Gasteiger partial charge in [0.25, 0.3) is 0 Å². The van der Waals surface area contributed by atoms with Crippen LogP contribution in [-0.2, 0) is 23.9 Å². The van der Waals surface area contributed by atoms with E-state index in [4.69, 9.17) is 0 Å². The molecule has 0 radical (unpaired) electrons. The summed E-state index contributed by atoms with van der Waals surface area (Å²) in [5.41, 5.74) is 2.78. The first-order valence-electron chi connectivity index (χ1n) is 11.1. The number of carboxylic acid groups (broad SMARTS) is 1. The van der Waals surface area contributed by atoms with Gasteiger partial charge in [0.05, 0.1) is 5.56 Å². The minimum absolute atomic E-state index is 0.325. The van der Waals surface area contributed by atoms with Crippen LogP contribution in [0.25, 0.3) is 0 Å². The highest BCUT2D eigenvalue weighted by Gasteiger charge is 2.32. The van der Waals surface area contributed by atoms with Gasteiger partial charge in [0.2, 0.25) is 5.91 Å². The van der Waals surface area contributed by atoms with E-state index in [0.717, 1.165) is 61.2 Å². The number of nitrogens with one attached hydrogen (secondary N) is 1. The molecule has 1 unspecified atom stereocenters. The zero-order valence-electron chi connectivity index (χ0n) is 18.1.